The average molecular weight is 317 g/mol. The summed E-state index contributed by atoms with van der Waals surface area (Å²) in [4.78, 5) is 8.35. The van der Waals surface area contributed by atoms with Gasteiger partial charge in [-0.3, -0.25) is 4.99 Å². The highest BCUT2D eigenvalue weighted by Gasteiger charge is 2.03. The lowest BCUT2D eigenvalue weighted by Crippen LogP contribution is -2.39. The van der Waals surface area contributed by atoms with Crippen LogP contribution in [0.3, 0.4) is 0 Å². The molecule has 2 N–H and O–H groups in total. The monoisotopic (exact) mass is 317 g/mol. The summed E-state index contributed by atoms with van der Waals surface area (Å²) < 4.78 is 10.2. The van der Waals surface area contributed by atoms with Gasteiger partial charge in [0.1, 0.15) is 5.75 Å². The van der Waals surface area contributed by atoms with Gasteiger partial charge in [-0.15, -0.1) is 0 Å². The van der Waals surface area contributed by atoms with E-state index in [2.05, 4.69) is 37.9 Å². The van der Waals surface area contributed by atoms with Crippen LogP contribution < -0.4 is 15.4 Å². The van der Waals surface area contributed by atoms with Crippen LogP contribution in [0.5, 0.6) is 5.75 Å². The molecule has 0 saturated heterocycles. The van der Waals surface area contributed by atoms with Crippen LogP contribution in [0.25, 0.3) is 0 Å². The van der Waals surface area contributed by atoms with E-state index >= 15 is 0 Å². The quantitative estimate of drug-likeness (QED) is 0.592. The molecule has 1 aromatic carbocycles. The molecule has 0 aliphatic heterocycles. The zero-order valence-corrected chi connectivity index (χ0v) is 13.8. The van der Waals surface area contributed by atoms with Crippen LogP contribution in [0.2, 0.25) is 0 Å². The van der Waals surface area contributed by atoms with E-state index in [1.54, 1.807) is 21.1 Å². The van der Waals surface area contributed by atoms with Gasteiger partial charge in [0.15, 0.2) is 11.8 Å². The van der Waals surface area contributed by atoms with Gasteiger partial charge in [-0.1, -0.05) is 17.3 Å². The molecular weight excluding hydrogens is 294 g/mol. The van der Waals surface area contributed by atoms with Crippen molar-refractivity contribution in [3.05, 3.63) is 41.5 Å². The van der Waals surface area contributed by atoms with Crippen molar-refractivity contribution in [3.8, 4) is 5.75 Å². The molecule has 7 nitrogen and oxygen atoms in total. The fourth-order valence-corrected chi connectivity index (χ4v) is 2.07. The molecule has 0 unspecified atom stereocenters. The van der Waals surface area contributed by atoms with Crippen molar-refractivity contribution in [1.29, 1.82) is 0 Å². The van der Waals surface area contributed by atoms with E-state index in [0.717, 1.165) is 24.7 Å². The molecule has 0 spiro atoms. The minimum Gasteiger partial charge on any atom is -0.497 e. The van der Waals surface area contributed by atoms with Gasteiger partial charge in [-0.25, -0.2) is 0 Å². The van der Waals surface area contributed by atoms with Crippen LogP contribution in [0, 0.1) is 6.92 Å². The predicted molar refractivity (Wildman–Crippen MR) is 88.8 cm³/mol. The number of aryl methyl sites for hydroxylation is 1. The van der Waals surface area contributed by atoms with Crippen LogP contribution in [0.1, 0.15) is 17.3 Å². The van der Waals surface area contributed by atoms with Gasteiger partial charge < -0.3 is 19.9 Å². The maximum Gasteiger partial charge on any atom is 0.228 e. The highest BCUT2D eigenvalue weighted by molar-refractivity contribution is 5.79. The summed E-state index contributed by atoms with van der Waals surface area (Å²) in [5.74, 6) is 2.91. The Balaban J connectivity index is 1.68. The summed E-state index contributed by atoms with van der Waals surface area (Å²) >= 11 is 0. The third kappa shape index (κ3) is 5.61. The predicted octanol–water partition coefficient (Wildman–Crippen LogP) is 1.34. The third-order valence-electron chi connectivity index (χ3n) is 3.29. The van der Waals surface area contributed by atoms with Crippen LogP contribution in [-0.2, 0) is 12.8 Å². The van der Waals surface area contributed by atoms with E-state index < -0.39 is 0 Å². The van der Waals surface area contributed by atoms with Gasteiger partial charge in [0.25, 0.3) is 0 Å². The van der Waals surface area contributed by atoms with E-state index in [1.807, 2.05) is 12.1 Å². The number of hydrogen-bond donors (Lipinski definition) is 2. The van der Waals surface area contributed by atoms with Crippen LogP contribution in [0.15, 0.2) is 33.8 Å². The van der Waals surface area contributed by atoms with Crippen LogP contribution >= 0.6 is 0 Å². The number of guanidine groups is 1. The molecule has 0 aliphatic rings. The number of benzene rings is 1. The summed E-state index contributed by atoms with van der Waals surface area (Å²) in [6.45, 7) is 3.29. The Morgan fingerprint density at radius 3 is 2.43 bits per heavy atom. The molecule has 2 aromatic rings. The SMILES string of the molecule is CN=C(NCCc1ccc(OC)cc1)NCCc1nc(C)no1. The van der Waals surface area contributed by atoms with Gasteiger partial charge in [0.2, 0.25) is 5.89 Å². The number of hydrogen-bond acceptors (Lipinski definition) is 5. The molecule has 0 fully saturated rings. The Morgan fingerprint density at radius 1 is 1.17 bits per heavy atom. The molecule has 0 aliphatic carbocycles. The molecule has 0 radical (unpaired) electrons. The number of aliphatic imine (C=N–C) groups is 1. The van der Waals surface area contributed by atoms with Gasteiger partial charge in [0.05, 0.1) is 7.11 Å². The first-order chi connectivity index (χ1) is 11.2. The Hall–Kier alpha value is -2.57. The Morgan fingerprint density at radius 2 is 1.87 bits per heavy atom. The van der Waals surface area contributed by atoms with E-state index in [4.69, 9.17) is 9.26 Å². The second kappa shape index (κ2) is 8.77. The zero-order chi connectivity index (χ0) is 16.5. The molecule has 7 heteroatoms. The van der Waals surface area contributed by atoms with E-state index in [0.29, 0.717) is 24.7 Å². The molecular formula is C16H23N5O2. The highest BCUT2D eigenvalue weighted by Crippen LogP contribution is 2.11. The first-order valence-electron chi connectivity index (χ1n) is 7.58. The Labute approximate surface area is 136 Å². The lowest BCUT2D eigenvalue weighted by Gasteiger charge is -2.11. The van der Waals surface area contributed by atoms with E-state index in [1.165, 1.54) is 5.56 Å². The minimum atomic E-state index is 0.628. The van der Waals surface area contributed by atoms with E-state index in [9.17, 15) is 0 Å². The number of rotatable bonds is 7. The fourth-order valence-electron chi connectivity index (χ4n) is 2.07. The number of aromatic nitrogens is 2. The first kappa shape index (κ1) is 16.8. The standard InChI is InChI=1S/C16H23N5O2/c1-12-20-15(23-21-12)9-11-19-16(17-2)18-10-8-13-4-6-14(22-3)7-5-13/h4-7H,8-11H2,1-3H3,(H2,17,18,19). The van der Waals surface area contributed by atoms with E-state index in [-0.39, 0.29) is 0 Å². The lowest BCUT2D eigenvalue weighted by molar-refractivity contribution is 0.374. The largest absolute Gasteiger partial charge is 0.497 e. The summed E-state index contributed by atoms with van der Waals surface area (Å²) in [7, 11) is 3.42. The lowest BCUT2D eigenvalue weighted by atomic mass is 10.1. The zero-order valence-electron chi connectivity index (χ0n) is 13.8. The summed E-state index contributed by atoms with van der Waals surface area (Å²) in [5.41, 5.74) is 1.25. The molecule has 0 bridgehead atoms. The molecule has 2 rings (SSSR count). The average Bonchev–Trinajstić information content (AvgIpc) is 2.99. The van der Waals surface area contributed by atoms with Gasteiger partial charge in [0, 0.05) is 26.6 Å². The molecule has 0 atom stereocenters. The molecule has 0 saturated carbocycles. The number of methoxy groups -OCH3 is 1. The number of ether oxygens (including phenoxy) is 1. The number of nitrogens with one attached hydrogen (secondary N) is 2. The smallest absolute Gasteiger partial charge is 0.228 e. The maximum absolute atomic E-state index is 5.15. The van der Waals surface area contributed by atoms with Crippen molar-refractivity contribution >= 4 is 5.96 Å². The highest BCUT2D eigenvalue weighted by atomic mass is 16.5. The Bertz CT molecular complexity index is 622. The first-order valence-corrected chi connectivity index (χ1v) is 7.58. The van der Waals surface area contributed by atoms with Crippen LogP contribution in [-0.4, -0.2) is 43.3 Å². The van der Waals surface area contributed by atoms with Crippen molar-refractivity contribution in [2.75, 3.05) is 27.2 Å². The topological polar surface area (TPSA) is 84.6 Å². The molecule has 23 heavy (non-hydrogen) atoms. The normalized spacial score (nSPS) is 11.3. The third-order valence-corrected chi connectivity index (χ3v) is 3.29. The summed E-state index contributed by atoms with van der Waals surface area (Å²) in [5, 5.41) is 10.3. The fraction of sp³-hybridized carbons (Fsp3) is 0.438. The van der Waals surface area contributed by atoms with Gasteiger partial charge in [-0.2, -0.15) is 4.98 Å². The van der Waals surface area contributed by atoms with Gasteiger partial charge in [-0.05, 0) is 31.0 Å². The summed E-state index contributed by atoms with van der Waals surface area (Å²) in [6.07, 6.45) is 1.58. The van der Waals surface area contributed by atoms with Crippen molar-refractivity contribution in [3.63, 3.8) is 0 Å². The van der Waals surface area contributed by atoms with Gasteiger partial charge >= 0.3 is 0 Å². The maximum atomic E-state index is 5.15. The molecule has 124 valence electrons. The van der Waals surface area contributed by atoms with Crippen LogP contribution in [0.4, 0.5) is 0 Å². The van der Waals surface area contributed by atoms with Crippen molar-refractivity contribution in [2.45, 2.75) is 19.8 Å². The molecule has 1 aromatic heterocycles. The second-order valence-electron chi connectivity index (χ2n) is 5.01. The van der Waals surface area contributed by atoms with Crippen molar-refractivity contribution in [1.82, 2.24) is 20.8 Å². The number of nitrogens with zero attached hydrogens (tertiary/aromatic N) is 3. The molecule has 1 heterocycles. The Kier molecular flexibility index (Phi) is 6.40. The summed E-state index contributed by atoms with van der Waals surface area (Å²) in [6, 6.07) is 8.06. The second-order valence-corrected chi connectivity index (χ2v) is 5.01. The molecule has 0 amide bonds. The van der Waals surface area contributed by atoms with Crippen molar-refractivity contribution in [2.24, 2.45) is 4.99 Å². The minimum absolute atomic E-state index is 0.628. The van der Waals surface area contributed by atoms with Crippen molar-refractivity contribution < 1.29 is 9.26 Å².